The number of rotatable bonds is 6. The van der Waals surface area contributed by atoms with Gasteiger partial charge >= 0.3 is 0 Å². The highest BCUT2D eigenvalue weighted by Crippen LogP contribution is 2.21. The van der Waals surface area contributed by atoms with Crippen molar-refractivity contribution in [2.75, 3.05) is 37.4 Å². The monoisotopic (exact) mass is 396 g/mol. The number of carbonyl (C=O) groups is 1. The number of aryl methyl sites for hydroxylation is 1. The summed E-state index contributed by atoms with van der Waals surface area (Å²) in [6.07, 6.45) is 0. The first kappa shape index (κ1) is 19.0. The largest absolute Gasteiger partial charge is 0.379 e. The molecule has 28 heavy (non-hydrogen) atoms. The Bertz CT molecular complexity index is 949. The molecule has 4 rings (SSSR count). The van der Waals surface area contributed by atoms with Crippen molar-refractivity contribution in [1.29, 1.82) is 0 Å². The number of hydrogen-bond acceptors (Lipinski definition) is 5. The maximum absolute atomic E-state index is 12.3. The van der Waals surface area contributed by atoms with Gasteiger partial charge in [0.05, 0.1) is 30.0 Å². The number of amides is 1. The number of nitrogens with zero attached hydrogens (tertiary/aromatic N) is 2. The number of anilines is 1. The van der Waals surface area contributed by atoms with Crippen LogP contribution in [0.1, 0.15) is 11.1 Å². The summed E-state index contributed by atoms with van der Waals surface area (Å²) < 4.78 is 5.38. The Morgan fingerprint density at radius 2 is 2.00 bits per heavy atom. The van der Waals surface area contributed by atoms with Gasteiger partial charge in [0.25, 0.3) is 0 Å². The maximum Gasteiger partial charge on any atom is 0.234 e. The first-order valence-electron chi connectivity index (χ1n) is 9.44. The maximum atomic E-state index is 12.3. The van der Waals surface area contributed by atoms with E-state index >= 15 is 0 Å². The molecule has 1 aliphatic heterocycles. The van der Waals surface area contributed by atoms with E-state index in [4.69, 9.17) is 4.74 Å². The van der Waals surface area contributed by atoms with E-state index in [1.807, 2.05) is 31.2 Å². The van der Waals surface area contributed by atoms with Crippen molar-refractivity contribution in [3.05, 3.63) is 53.6 Å². The van der Waals surface area contributed by atoms with Crippen molar-refractivity contribution in [2.24, 2.45) is 0 Å². The molecule has 1 amide bonds. The molecular weight excluding hydrogens is 372 g/mol. The zero-order valence-electron chi connectivity index (χ0n) is 15.9. The normalized spacial score (nSPS) is 15.0. The molecule has 1 saturated heterocycles. The van der Waals surface area contributed by atoms with Gasteiger partial charge in [0, 0.05) is 25.3 Å². The number of thioether (sulfide) groups is 1. The molecular formula is C21H24N4O2S. The number of aromatic amines is 1. The molecule has 0 unspecified atom stereocenters. The summed E-state index contributed by atoms with van der Waals surface area (Å²) in [6, 6.07) is 14.1. The summed E-state index contributed by atoms with van der Waals surface area (Å²) in [5.74, 6) is 0.275. The molecule has 2 aromatic carbocycles. The molecule has 0 radical (unpaired) electrons. The third kappa shape index (κ3) is 4.92. The van der Waals surface area contributed by atoms with E-state index in [1.54, 1.807) is 0 Å². The highest BCUT2D eigenvalue weighted by atomic mass is 32.2. The summed E-state index contributed by atoms with van der Waals surface area (Å²) in [5, 5.41) is 3.71. The fraction of sp³-hybridized carbons (Fsp3) is 0.333. The van der Waals surface area contributed by atoms with Crippen LogP contribution < -0.4 is 5.32 Å². The Morgan fingerprint density at radius 1 is 1.21 bits per heavy atom. The zero-order valence-corrected chi connectivity index (χ0v) is 16.7. The number of nitrogens with one attached hydrogen (secondary N) is 2. The minimum atomic E-state index is -0.0393. The third-order valence-electron chi connectivity index (χ3n) is 4.70. The lowest BCUT2D eigenvalue weighted by Crippen LogP contribution is -2.35. The van der Waals surface area contributed by atoms with Gasteiger partial charge in [-0.05, 0) is 42.3 Å². The number of fused-ring (bicyclic) bond motifs is 1. The fourth-order valence-corrected chi connectivity index (χ4v) is 3.90. The van der Waals surface area contributed by atoms with Crippen molar-refractivity contribution >= 4 is 34.4 Å². The molecule has 0 atom stereocenters. The zero-order chi connectivity index (χ0) is 19.3. The molecule has 6 nitrogen and oxygen atoms in total. The summed E-state index contributed by atoms with van der Waals surface area (Å²) in [6.45, 7) is 6.51. The highest BCUT2D eigenvalue weighted by Gasteiger charge is 2.11. The predicted octanol–water partition coefficient (Wildman–Crippen LogP) is 3.43. The number of aromatic nitrogens is 2. The highest BCUT2D eigenvalue weighted by molar-refractivity contribution is 7.99. The average molecular weight is 397 g/mol. The van der Waals surface area contributed by atoms with Gasteiger partial charge in [-0.2, -0.15) is 0 Å². The fourth-order valence-electron chi connectivity index (χ4n) is 3.21. The van der Waals surface area contributed by atoms with Gasteiger partial charge in [-0.1, -0.05) is 30.0 Å². The van der Waals surface area contributed by atoms with Crippen LogP contribution in [0.2, 0.25) is 0 Å². The molecule has 1 aromatic heterocycles. The molecule has 0 spiro atoms. The molecule has 3 aromatic rings. The Balaban J connectivity index is 1.28. The van der Waals surface area contributed by atoms with Crippen LogP contribution >= 0.6 is 11.8 Å². The van der Waals surface area contributed by atoms with Crippen LogP contribution in [-0.4, -0.2) is 52.8 Å². The SMILES string of the molecule is Cc1ccc2nc(SCC(=O)Nc3ccc(CN4CCOCC4)cc3)[nH]c2c1. The predicted molar refractivity (Wildman–Crippen MR) is 113 cm³/mol. The Morgan fingerprint density at radius 3 is 2.79 bits per heavy atom. The van der Waals surface area contributed by atoms with Gasteiger partial charge in [-0.25, -0.2) is 4.98 Å². The van der Waals surface area contributed by atoms with E-state index in [2.05, 4.69) is 38.4 Å². The number of carbonyl (C=O) groups excluding carboxylic acids is 1. The van der Waals surface area contributed by atoms with Crippen LogP contribution in [0.3, 0.4) is 0 Å². The second-order valence-electron chi connectivity index (χ2n) is 6.98. The van der Waals surface area contributed by atoms with Gasteiger partial charge in [-0.15, -0.1) is 0 Å². The lowest BCUT2D eigenvalue weighted by Gasteiger charge is -2.26. The number of ether oxygens (including phenoxy) is 1. The van der Waals surface area contributed by atoms with Crippen LogP contribution in [0.25, 0.3) is 11.0 Å². The molecule has 1 fully saturated rings. The smallest absolute Gasteiger partial charge is 0.234 e. The Kier molecular flexibility index (Phi) is 5.95. The van der Waals surface area contributed by atoms with Crippen molar-refractivity contribution in [1.82, 2.24) is 14.9 Å². The van der Waals surface area contributed by atoms with Crippen LogP contribution in [0.5, 0.6) is 0 Å². The van der Waals surface area contributed by atoms with E-state index < -0.39 is 0 Å². The number of hydrogen-bond donors (Lipinski definition) is 2. The van der Waals surface area contributed by atoms with Crippen LogP contribution in [-0.2, 0) is 16.1 Å². The molecule has 0 bridgehead atoms. The number of H-pyrrole nitrogens is 1. The molecule has 2 heterocycles. The van der Waals surface area contributed by atoms with Crippen molar-refractivity contribution in [2.45, 2.75) is 18.6 Å². The summed E-state index contributed by atoms with van der Waals surface area (Å²) in [4.78, 5) is 22.4. The number of morpholine rings is 1. The molecule has 7 heteroatoms. The van der Waals surface area contributed by atoms with E-state index in [1.165, 1.54) is 22.9 Å². The Hall–Kier alpha value is -2.35. The van der Waals surface area contributed by atoms with Crippen LogP contribution in [0.15, 0.2) is 47.6 Å². The molecule has 0 aliphatic carbocycles. The van der Waals surface area contributed by atoms with Crippen molar-refractivity contribution in [3.63, 3.8) is 0 Å². The van der Waals surface area contributed by atoms with Gasteiger partial charge in [0.1, 0.15) is 0 Å². The first-order valence-corrected chi connectivity index (χ1v) is 10.4. The molecule has 1 aliphatic rings. The summed E-state index contributed by atoms with van der Waals surface area (Å²) >= 11 is 1.41. The minimum Gasteiger partial charge on any atom is -0.379 e. The second-order valence-corrected chi connectivity index (χ2v) is 7.95. The van der Waals surface area contributed by atoms with Crippen molar-refractivity contribution in [3.8, 4) is 0 Å². The van der Waals surface area contributed by atoms with E-state index in [0.29, 0.717) is 5.75 Å². The summed E-state index contributed by atoms with van der Waals surface area (Å²) in [7, 11) is 0. The molecule has 146 valence electrons. The quantitative estimate of drug-likeness (QED) is 0.625. The number of imidazole rings is 1. The van der Waals surface area contributed by atoms with E-state index in [9.17, 15) is 4.79 Å². The average Bonchev–Trinajstić information content (AvgIpc) is 3.11. The Labute approximate surface area is 168 Å². The standard InChI is InChI=1S/C21H24N4O2S/c1-15-2-7-18-19(12-15)24-21(23-18)28-14-20(26)22-17-5-3-16(4-6-17)13-25-8-10-27-11-9-25/h2-7,12H,8-11,13-14H2,1H3,(H,22,26)(H,23,24). The third-order valence-corrected chi connectivity index (χ3v) is 5.58. The van der Waals surface area contributed by atoms with E-state index in [-0.39, 0.29) is 5.91 Å². The van der Waals surface area contributed by atoms with Crippen LogP contribution in [0.4, 0.5) is 5.69 Å². The minimum absolute atomic E-state index is 0.0393. The number of benzene rings is 2. The first-order chi connectivity index (χ1) is 13.7. The van der Waals surface area contributed by atoms with Gasteiger partial charge in [0.2, 0.25) is 5.91 Å². The summed E-state index contributed by atoms with van der Waals surface area (Å²) in [5.41, 5.74) is 5.16. The molecule has 0 saturated carbocycles. The molecule has 2 N–H and O–H groups in total. The van der Waals surface area contributed by atoms with Gasteiger partial charge in [-0.3, -0.25) is 9.69 Å². The van der Waals surface area contributed by atoms with Crippen LogP contribution in [0, 0.1) is 6.92 Å². The lowest BCUT2D eigenvalue weighted by molar-refractivity contribution is -0.113. The van der Waals surface area contributed by atoms with Crippen molar-refractivity contribution < 1.29 is 9.53 Å². The lowest BCUT2D eigenvalue weighted by atomic mass is 10.2. The second kappa shape index (κ2) is 8.77. The van der Waals surface area contributed by atoms with Gasteiger partial charge < -0.3 is 15.0 Å². The van der Waals surface area contributed by atoms with Gasteiger partial charge in [0.15, 0.2) is 5.16 Å². The topological polar surface area (TPSA) is 70.2 Å². The van der Waals surface area contributed by atoms with E-state index in [0.717, 1.165) is 54.7 Å².